The van der Waals surface area contributed by atoms with E-state index >= 15 is 0 Å². The highest BCUT2D eigenvalue weighted by Crippen LogP contribution is 2.22. The topological polar surface area (TPSA) is 75.2 Å². The second kappa shape index (κ2) is 6.10. The quantitative estimate of drug-likeness (QED) is 0.867. The van der Waals surface area contributed by atoms with Crippen molar-refractivity contribution in [2.75, 3.05) is 22.7 Å². The van der Waals surface area contributed by atoms with Crippen LogP contribution in [0.1, 0.15) is 12.8 Å². The molecule has 3 rings (SSSR count). The van der Waals surface area contributed by atoms with Crippen LogP contribution in [0.2, 0.25) is 5.15 Å². The van der Waals surface area contributed by atoms with Gasteiger partial charge in [0.15, 0.2) is 0 Å². The molecular weight excluding hydrogens is 324 g/mol. The minimum absolute atomic E-state index is 0.142. The Morgan fingerprint density at radius 3 is 2.55 bits per heavy atom. The van der Waals surface area contributed by atoms with E-state index in [1.165, 1.54) is 30.3 Å². The summed E-state index contributed by atoms with van der Waals surface area (Å²) in [5.41, 5.74) is 0. The molecule has 1 N–H and O–H groups in total. The summed E-state index contributed by atoms with van der Waals surface area (Å²) in [6.07, 6.45) is 2.13. The van der Waals surface area contributed by atoms with Crippen molar-refractivity contribution in [3.8, 4) is 0 Å². The summed E-state index contributed by atoms with van der Waals surface area (Å²) in [6, 6.07) is 10.2. The number of hydrogen-bond acceptors (Lipinski definition) is 5. The van der Waals surface area contributed by atoms with Crippen LogP contribution in [0.5, 0.6) is 0 Å². The van der Waals surface area contributed by atoms with E-state index in [0.29, 0.717) is 5.95 Å². The van der Waals surface area contributed by atoms with E-state index in [4.69, 9.17) is 11.6 Å². The van der Waals surface area contributed by atoms with E-state index in [1.807, 2.05) is 4.90 Å². The molecule has 1 aliphatic heterocycles. The third-order valence-corrected chi connectivity index (χ3v) is 4.87. The van der Waals surface area contributed by atoms with Gasteiger partial charge in [0, 0.05) is 19.2 Å². The van der Waals surface area contributed by atoms with E-state index in [2.05, 4.69) is 20.8 Å². The average molecular weight is 338 g/mol. The SMILES string of the molecule is O=S(=O)(Nc1cc(Cl)nc(N2CCCC2)n1)c1cc[c]cc1. The lowest BCUT2D eigenvalue weighted by Crippen LogP contribution is -2.22. The van der Waals surface area contributed by atoms with Crippen LogP contribution in [-0.4, -0.2) is 31.5 Å². The largest absolute Gasteiger partial charge is 0.341 e. The van der Waals surface area contributed by atoms with Crippen molar-refractivity contribution >= 4 is 33.4 Å². The summed E-state index contributed by atoms with van der Waals surface area (Å²) < 4.78 is 27.0. The Kier molecular flexibility index (Phi) is 4.17. The van der Waals surface area contributed by atoms with Crippen molar-refractivity contribution < 1.29 is 8.42 Å². The standard InChI is InChI=1S/C14H14ClN4O2S/c15-12-10-13(17-14(16-12)19-8-4-5-9-19)18-22(20,21)11-6-2-1-3-7-11/h2-3,6-7,10H,4-5,8-9H2,(H,16,17,18). The number of aromatic nitrogens is 2. The van der Waals surface area contributed by atoms with Crippen molar-refractivity contribution in [1.82, 2.24) is 9.97 Å². The smallest absolute Gasteiger partial charge is 0.263 e. The third-order valence-electron chi connectivity index (χ3n) is 3.31. The number of nitrogens with zero attached hydrogens (tertiary/aromatic N) is 3. The number of hydrogen-bond donors (Lipinski definition) is 1. The number of sulfonamides is 1. The van der Waals surface area contributed by atoms with Crippen LogP contribution in [0.25, 0.3) is 0 Å². The number of nitrogens with one attached hydrogen (secondary N) is 1. The summed E-state index contributed by atoms with van der Waals surface area (Å²) in [6.45, 7) is 1.70. The van der Waals surface area contributed by atoms with Gasteiger partial charge in [0.05, 0.1) is 4.90 Å². The highest BCUT2D eigenvalue weighted by Gasteiger charge is 2.19. The first-order chi connectivity index (χ1) is 10.5. The molecule has 8 heteroatoms. The molecule has 1 aromatic heterocycles. The molecule has 2 heterocycles. The summed E-state index contributed by atoms with van der Waals surface area (Å²) in [5, 5.41) is 0.205. The molecule has 22 heavy (non-hydrogen) atoms. The molecule has 1 aliphatic rings. The first-order valence-electron chi connectivity index (χ1n) is 6.83. The van der Waals surface area contributed by atoms with Gasteiger partial charge in [-0.3, -0.25) is 4.72 Å². The predicted molar refractivity (Wildman–Crippen MR) is 84.6 cm³/mol. The Labute approximate surface area is 134 Å². The molecule has 1 aromatic carbocycles. The van der Waals surface area contributed by atoms with Gasteiger partial charge in [-0.2, -0.15) is 4.98 Å². The highest BCUT2D eigenvalue weighted by atomic mass is 35.5. The predicted octanol–water partition coefficient (Wildman–Crippen LogP) is 2.33. The maximum atomic E-state index is 12.3. The lowest BCUT2D eigenvalue weighted by molar-refractivity contribution is 0.601. The van der Waals surface area contributed by atoms with Gasteiger partial charge in [0.25, 0.3) is 10.0 Å². The minimum atomic E-state index is -3.71. The zero-order chi connectivity index (χ0) is 15.6. The van der Waals surface area contributed by atoms with E-state index in [1.54, 1.807) is 0 Å². The molecular formula is C14H14ClN4O2S. The van der Waals surface area contributed by atoms with Crippen LogP contribution >= 0.6 is 11.6 Å². The third kappa shape index (κ3) is 3.31. The normalized spacial score (nSPS) is 15.0. The van der Waals surface area contributed by atoms with Gasteiger partial charge in [-0.1, -0.05) is 23.7 Å². The fraction of sp³-hybridized carbons (Fsp3) is 0.286. The van der Waals surface area contributed by atoms with Gasteiger partial charge >= 0.3 is 0 Å². The van der Waals surface area contributed by atoms with E-state index in [9.17, 15) is 8.42 Å². The molecule has 6 nitrogen and oxygen atoms in total. The molecule has 0 atom stereocenters. The Balaban J connectivity index is 1.89. The Bertz CT molecular complexity index is 762. The van der Waals surface area contributed by atoms with Crippen molar-refractivity contribution in [3.63, 3.8) is 0 Å². The van der Waals surface area contributed by atoms with Crippen molar-refractivity contribution in [2.24, 2.45) is 0 Å². The lowest BCUT2D eigenvalue weighted by Gasteiger charge is -2.16. The molecule has 0 spiro atoms. The fourth-order valence-electron chi connectivity index (χ4n) is 2.26. The molecule has 0 saturated carbocycles. The Morgan fingerprint density at radius 1 is 1.18 bits per heavy atom. The van der Waals surface area contributed by atoms with Gasteiger partial charge in [-0.05, 0) is 31.0 Å². The molecule has 1 saturated heterocycles. The van der Waals surface area contributed by atoms with Crippen molar-refractivity contribution in [3.05, 3.63) is 41.6 Å². The summed E-state index contributed by atoms with van der Waals surface area (Å²) in [7, 11) is -3.71. The van der Waals surface area contributed by atoms with E-state index in [-0.39, 0.29) is 15.9 Å². The number of halogens is 1. The zero-order valence-corrected chi connectivity index (χ0v) is 13.2. The second-order valence-electron chi connectivity index (χ2n) is 4.91. The Hall–Kier alpha value is -1.86. The monoisotopic (exact) mass is 337 g/mol. The summed E-state index contributed by atoms with van der Waals surface area (Å²) in [4.78, 5) is 10.5. The molecule has 1 radical (unpaired) electrons. The second-order valence-corrected chi connectivity index (χ2v) is 6.98. The van der Waals surface area contributed by atoms with Crippen molar-refractivity contribution in [1.29, 1.82) is 0 Å². The fourth-order valence-corrected chi connectivity index (χ4v) is 3.43. The first kappa shape index (κ1) is 15.1. The highest BCUT2D eigenvalue weighted by molar-refractivity contribution is 7.92. The summed E-state index contributed by atoms with van der Waals surface area (Å²) in [5.74, 6) is 0.610. The molecule has 0 unspecified atom stereocenters. The van der Waals surface area contributed by atoms with Gasteiger partial charge in [0.1, 0.15) is 11.0 Å². The first-order valence-corrected chi connectivity index (χ1v) is 8.69. The minimum Gasteiger partial charge on any atom is -0.341 e. The average Bonchev–Trinajstić information content (AvgIpc) is 3.01. The van der Waals surface area contributed by atoms with Crippen LogP contribution in [0, 0.1) is 6.07 Å². The summed E-state index contributed by atoms with van der Waals surface area (Å²) >= 11 is 5.99. The van der Waals surface area contributed by atoms with Gasteiger partial charge < -0.3 is 4.90 Å². The molecule has 115 valence electrons. The van der Waals surface area contributed by atoms with Gasteiger partial charge in [-0.25, -0.2) is 13.4 Å². The maximum absolute atomic E-state index is 12.3. The maximum Gasteiger partial charge on any atom is 0.263 e. The molecule has 2 aromatic rings. The zero-order valence-electron chi connectivity index (χ0n) is 11.7. The number of benzene rings is 1. The van der Waals surface area contributed by atoms with Crippen LogP contribution in [0.15, 0.2) is 35.2 Å². The number of anilines is 2. The molecule has 0 aliphatic carbocycles. The van der Waals surface area contributed by atoms with Crippen LogP contribution in [0.4, 0.5) is 11.8 Å². The van der Waals surface area contributed by atoms with Crippen LogP contribution in [0.3, 0.4) is 0 Å². The van der Waals surface area contributed by atoms with Gasteiger partial charge in [0.2, 0.25) is 5.95 Å². The van der Waals surface area contributed by atoms with Crippen LogP contribution in [-0.2, 0) is 10.0 Å². The lowest BCUT2D eigenvalue weighted by atomic mass is 10.4. The van der Waals surface area contributed by atoms with E-state index in [0.717, 1.165) is 25.9 Å². The number of rotatable bonds is 4. The van der Waals surface area contributed by atoms with Crippen molar-refractivity contribution in [2.45, 2.75) is 17.7 Å². The molecule has 0 bridgehead atoms. The Morgan fingerprint density at radius 2 is 1.86 bits per heavy atom. The van der Waals surface area contributed by atoms with Gasteiger partial charge in [-0.15, -0.1) is 0 Å². The molecule has 1 fully saturated rings. The van der Waals surface area contributed by atoms with E-state index < -0.39 is 10.0 Å². The molecule has 0 amide bonds. The van der Waals surface area contributed by atoms with Crippen LogP contribution < -0.4 is 9.62 Å².